The van der Waals surface area contributed by atoms with Gasteiger partial charge in [0.15, 0.2) is 0 Å². The van der Waals surface area contributed by atoms with Crippen molar-refractivity contribution < 1.29 is 0 Å². The zero-order chi connectivity index (χ0) is 34.1. The molecule has 0 spiro atoms. The third kappa shape index (κ3) is 7.80. The van der Waals surface area contributed by atoms with Gasteiger partial charge in [-0.2, -0.15) is 0 Å². The minimum Gasteiger partial charge on any atom is -0.115 e. The molecule has 0 unspecified atom stereocenters. The van der Waals surface area contributed by atoms with Gasteiger partial charge in [0.2, 0.25) is 0 Å². The maximum absolute atomic E-state index is 6.14. The van der Waals surface area contributed by atoms with Crippen molar-refractivity contribution in [1.82, 2.24) is 0 Å². The van der Waals surface area contributed by atoms with Crippen LogP contribution in [0.4, 0.5) is 0 Å². The average Bonchev–Trinajstić information content (AvgIpc) is 2.95. The van der Waals surface area contributed by atoms with E-state index in [4.69, 9.17) is 6.42 Å². The van der Waals surface area contributed by atoms with Crippen LogP contribution in [0.25, 0.3) is 0 Å². The third-order valence-corrected chi connectivity index (χ3v) is 12.3. The van der Waals surface area contributed by atoms with Crippen molar-refractivity contribution in [2.45, 2.75) is 158 Å². The van der Waals surface area contributed by atoms with Gasteiger partial charge in [0.1, 0.15) is 0 Å². The molecule has 0 heterocycles. The molecule has 244 valence electrons. The molecule has 0 amide bonds. The van der Waals surface area contributed by atoms with E-state index in [2.05, 4.69) is 153 Å². The predicted molar refractivity (Wildman–Crippen MR) is 206 cm³/mol. The number of terminal acetylenes is 1. The molecule has 0 aliphatic carbocycles. The van der Waals surface area contributed by atoms with Gasteiger partial charge in [0.05, 0.1) is 0 Å². The molecule has 0 N–H and O–H groups in total. The van der Waals surface area contributed by atoms with E-state index in [0.29, 0.717) is 47.3 Å². The lowest BCUT2D eigenvalue weighted by Gasteiger charge is -2.37. The highest BCUT2D eigenvalue weighted by Crippen LogP contribution is 2.48. The Hall–Kier alpha value is -2.35. The molecule has 0 fully saturated rings. The summed E-state index contributed by atoms with van der Waals surface area (Å²) in [6.07, 6.45) is 6.14. The summed E-state index contributed by atoms with van der Waals surface area (Å²) in [5, 5.41) is 4.74. The quantitative estimate of drug-likeness (QED) is 0.147. The smallest absolute Gasteiger partial charge is 0.0248 e. The fourth-order valence-corrected chi connectivity index (χ4v) is 10.7. The maximum Gasteiger partial charge on any atom is 0.0248 e. The fraction of sp³-hybridized carbons (Fsp3) is 0.545. The Balaban J connectivity index is 2.84. The van der Waals surface area contributed by atoms with E-state index < -0.39 is 7.92 Å². The molecule has 0 saturated carbocycles. The Bertz CT molecular complexity index is 1350. The summed E-state index contributed by atoms with van der Waals surface area (Å²) in [4.78, 5) is 0. The van der Waals surface area contributed by atoms with Crippen molar-refractivity contribution in [2.75, 3.05) is 0 Å². The molecular formula is C44H63P. The lowest BCUT2D eigenvalue weighted by Crippen LogP contribution is -2.35. The SMILES string of the molecule is C#Cc1cc(C(C)C)c(P(c2c(C(C)C)cc(C(C)C)cc2C(C)C)c2c(C(C)C)cc(C(C)C)cc2C(C)C)c(C(C)C)c1. The van der Waals surface area contributed by atoms with E-state index >= 15 is 0 Å². The van der Waals surface area contributed by atoms with Gasteiger partial charge >= 0.3 is 0 Å². The molecule has 0 aromatic heterocycles. The van der Waals surface area contributed by atoms with E-state index in [1.165, 1.54) is 44.5 Å². The number of hydrogen-bond acceptors (Lipinski definition) is 0. The van der Waals surface area contributed by atoms with Crippen LogP contribution in [0.15, 0.2) is 36.4 Å². The first-order chi connectivity index (χ1) is 20.9. The van der Waals surface area contributed by atoms with Gasteiger partial charge in [-0.1, -0.05) is 141 Å². The van der Waals surface area contributed by atoms with Gasteiger partial charge in [0.25, 0.3) is 0 Å². The second-order valence-electron chi connectivity index (χ2n) is 15.8. The van der Waals surface area contributed by atoms with Crippen LogP contribution in [-0.2, 0) is 0 Å². The Kier molecular flexibility index (Phi) is 12.4. The van der Waals surface area contributed by atoms with E-state index in [9.17, 15) is 0 Å². The van der Waals surface area contributed by atoms with Crippen molar-refractivity contribution in [3.05, 3.63) is 86.5 Å². The molecule has 3 aromatic rings. The Labute approximate surface area is 280 Å². The monoisotopic (exact) mass is 622 g/mol. The van der Waals surface area contributed by atoms with Crippen LogP contribution in [0.1, 0.15) is 208 Å². The summed E-state index contributed by atoms with van der Waals surface area (Å²) < 4.78 is 0. The van der Waals surface area contributed by atoms with Crippen LogP contribution in [0.3, 0.4) is 0 Å². The van der Waals surface area contributed by atoms with Gasteiger partial charge in [-0.3, -0.25) is 0 Å². The minimum atomic E-state index is -0.915. The van der Waals surface area contributed by atoms with E-state index in [-0.39, 0.29) is 0 Å². The maximum atomic E-state index is 6.14. The molecule has 0 bridgehead atoms. The molecule has 0 nitrogen and oxygen atoms in total. The van der Waals surface area contributed by atoms with Gasteiger partial charge < -0.3 is 0 Å². The third-order valence-electron chi connectivity index (χ3n) is 9.45. The van der Waals surface area contributed by atoms with Crippen molar-refractivity contribution in [1.29, 1.82) is 0 Å². The zero-order valence-corrected chi connectivity index (χ0v) is 32.5. The first-order valence-electron chi connectivity index (χ1n) is 17.7. The van der Waals surface area contributed by atoms with E-state index in [1.54, 1.807) is 15.9 Å². The summed E-state index contributed by atoms with van der Waals surface area (Å²) in [7, 11) is -0.915. The molecular weight excluding hydrogens is 559 g/mol. The summed E-state index contributed by atoms with van der Waals surface area (Å²) in [6, 6.07) is 15.0. The number of rotatable bonds is 11. The summed E-state index contributed by atoms with van der Waals surface area (Å²) in [5.74, 6) is 6.36. The normalized spacial score (nSPS) is 12.4. The molecule has 0 saturated heterocycles. The minimum absolute atomic E-state index is 0.357. The van der Waals surface area contributed by atoms with Gasteiger partial charge in [-0.25, -0.2) is 0 Å². The Morgan fingerprint density at radius 3 is 0.778 bits per heavy atom. The molecule has 45 heavy (non-hydrogen) atoms. The van der Waals surface area contributed by atoms with Crippen LogP contribution in [0.2, 0.25) is 0 Å². The zero-order valence-electron chi connectivity index (χ0n) is 31.6. The highest BCUT2D eigenvalue weighted by atomic mass is 31.1. The topological polar surface area (TPSA) is 0 Å². The summed E-state index contributed by atoms with van der Waals surface area (Å²) in [5.41, 5.74) is 12.9. The Morgan fingerprint density at radius 2 is 0.600 bits per heavy atom. The lowest BCUT2D eigenvalue weighted by atomic mass is 9.89. The van der Waals surface area contributed by atoms with Crippen molar-refractivity contribution >= 4 is 23.8 Å². The lowest BCUT2D eigenvalue weighted by molar-refractivity contribution is 0.811. The van der Waals surface area contributed by atoms with E-state index in [1.807, 2.05) is 0 Å². The number of benzene rings is 3. The molecule has 3 rings (SSSR count). The molecule has 0 aliphatic rings. The second kappa shape index (κ2) is 15.0. The molecule has 0 atom stereocenters. The highest BCUT2D eigenvalue weighted by Gasteiger charge is 2.35. The van der Waals surface area contributed by atoms with E-state index in [0.717, 1.165) is 5.56 Å². The van der Waals surface area contributed by atoms with Gasteiger partial charge in [-0.15, -0.1) is 6.42 Å². The molecule has 3 aromatic carbocycles. The van der Waals surface area contributed by atoms with Crippen LogP contribution in [0.5, 0.6) is 0 Å². The van der Waals surface area contributed by atoms with Gasteiger partial charge in [0, 0.05) is 5.56 Å². The second-order valence-corrected chi connectivity index (χ2v) is 17.8. The van der Waals surface area contributed by atoms with Crippen LogP contribution < -0.4 is 15.9 Å². The van der Waals surface area contributed by atoms with Crippen LogP contribution >= 0.6 is 7.92 Å². The van der Waals surface area contributed by atoms with Crippen molar-refractivity contribution in [3.8, 4) is 12.3 Å². The molecule has 0 aliphatic heterocycles. The van der Waals surface area contributed by atoms with Gasteiger partial charge in [-0.05, 0) is 128 Å². The van der Waals surface area contributed by atoms with Crippen LogP contribution in [0, 0.1) is 12.3 Å². The highest BCUT2D eigenvalue weighted by molar-refractivity contribution is 7.80. The first-order valence-corrected chi connectivity index (χ1v) is 19.1. The largest absolute Gasteiger partial charge is 0.115 e. The van der Waals surface area contributed by atoms with Crippen LogP contribution in [-0.4, -0.2) is 0 Å². The predicted octanol–water partition coefficient (Wildman–Crippen LogP) is 12.4. The number of hydrogen-bond donors (Lipinski definition) is 0. The Morgan fingerprint density at radius 1 is 0.378 bits per heavy atom. The summed E-state index contributed by atoms with van der Waals surface area (Å²) >= 11 is 0. The average molecular weight is 623 g/mol. The van der Waals surface area contributed by atoms with Crippen molar-refractivity contribution in [3.63, 3.8) is 0 Å². The fourth-order valence-electron chi connectivity index (χ4n) is 6.59. The first kappa shape index (κ1) is 37.1. The summed E-state index contributed by atoms with van der Waals surface area (Å²) in [6.45, 7) is 38.1. The molecule has 1 heteroatoms. The molecule has 0 radical (unpaired) electrons. The standard InChI is InChI=1S/C44H63P/c1-18-33-19-36(27(6)7)42(37(20-33)28(8)9)45(43-38(29(10)11)21-34(25(2)3)22-39(43)30(12)13)44-40(31(14)15)23-35(26(4)5)24-41(44)32(16)17/h1,19-32H,2-17H3. The van der Waals surface area contributed by atoms with Crippen molar-refractivity contribution in [2.24, 2.45) is 0 Å².